The third-order valence-electron chi connectivity index (χ3n) is 3.93. The number of benzene rings is 1. The van der Waals surface area contributed by atoms with E-state index in [9.17, 15) is 4.79 Å². The molecule has 20 heavy (non-hydrogen) atoms. The first-order chi connectivity index (χ1) is 9.68. The van der Waals surface area contributed by atoms with Crippen molar-refractivity contribution in [2.45, 2.75) is 25.0 Å². The zero-order chi connectivity index (χ0) is 13.7. The molecule has 1 spiro atoms. The first-order valence-corrected chi connectivity index (χ1v) is 6.91. The maximum absolute atomic E-state index is 11.9. The molecule has 1 fully saturated rings. The minimum Gasteiger partial charge on any atom is -0.363 e. The van der Waals surface area contributed by atoms with E-state index in [0.29, 0.717) is 30.3 Å². The van der Waals surface area contributed by atoms with Crippen LogP contribution in [0.4, 0.5) is 0 Å². The normalized spacial score (nSPS) is 23.9. The number of rotatable bonds is 2. The van der Waals surface area contributed by atoms with Crippen LogP contribution in [0.1, 0.15) is 34.6 Å². The lowest BCUT2D eigenvalue weighted by Gasteiger charge is -2.18. The monoisotopic (exact) mass is 289 g/mol. The van der Waals surface area contributed by atoms with Crippen LogP contribution in [0.25, 0.3) is 0 Å². The second-order valence-electron chi connectivity index (χ2n) is 5.28. The minimum atomic E-state index is -0.320. The lowest BCUT2D eigenvalue weighted by molar-refractivity contribution is 0.0939. The Morgan fingerprint density at radius 3 is 2.80 bits per heavy atom. The number of ketones is 1. The zero-order valence-corrected chi connectivity index (χ0v) is 11.4. The third-order valence-corrected chi connectivity index (χ3v) is 4.18. The summed E-state index contributed by atoms with van der Waals surface area (Å²) < 4.78 is 7.37. The van der Waals surface area contributed by atoms with Crippen LogP contribution in [-0.4, -0.2) is 27.4 Å². The molecule has 0 amide bonds. The van der Waals surface area contributed by atoms with Gasteiger partial charge in [-0.25, -0.2) is 4.68 Å². The first-order valence-electron chi connectivity index (χ1n) is 6.53. The zero-order valence-electron chi connectivity index (χ0n) is 10.7. The van der Waals surface area contributed by atoms with Gasteiger partial charge in [0.2, 0.25) is 0 Å². The number of carbonyl (C=O) groups is 1. The Bertz CT molecular complexity index is 689. The SMILES string of the molecule is O=C1CCC2(CO2)c2c1nnn2Cc1ccc(Cl)cc1. The van der Waals surface area contributed by atoms with Gasteiger partial charge in [-0.1, -0.05) is 28.9 Å². The quantitative estimate of drug-likeness (QED) is 0.795. The molecule has 1 unspecified atom stereocenters. The second kappa shape index (κ2) is 4.14. The summed E-state index contributed by atoms with van der Waals surface area (Å²) in [6.45, 7) is 1.22. The highest BCUT2D eigenvalue weighted by Gasteiger charge is 2.54. The van der Waals surface area contributed by atoms with E-state index in [-0.39, 0.29) is 11.4 Å². The van der Waals surface area contributed by atoms with Gasteiger partial charge in [-0.3, -0.25) is 4.79 Å². The van der Waals surface area contributed by atoms with Gasteiger partial charge < -0.3 is 4.74 Å². The lowest BCUT2D eigenvalue weighted by atomic mass is 9.89. The topological polar surface area (TPSA) is 60.3 Å². The van der Waals surface area contributed by atoms with Gasteiger partial charge in [0.1, 0.15) is 11.3 Å². The Morgan fingerprint density at radius 1 is 1.35 bits per heavy atom. The van der Waals surface area contributed by atoms with Crippen molar-refractivity contribution in [1.29, 1.82) is 0 Å². The van der Waals surface area contributed by atoms with Crippen molar-refractivity contribution in [3.63, 3.8) is 0 Å². The number of fused-ring (bicyclic) bond motifs is 2. The summed E-state index contributed by atoms with van der Waals surface area (Å²) in [4.78, 5) is 11.9. The average molecular weight is 290 g/mol. The fourth-order valence-electron chi connectivity index (χ4n) is 2.75. The molecular weight excluding hydrogens is 278 g/mol. The number of hydrogen-bond donors (Lipinski definition) is 0. The largest absolute Gasteiger partial charge is 0.363 e. The molecule has 1 atom stereocenters. The van der Waals surface area contributed by atoms with E-state index in [0.717, 1.165) is 17.7 Å². The molecule has 102 valence electrons. The smallest absolute Gasteiger partial charge is 0.185 e. The maximum Gasteiger partial charge on any atom is 0.185 e. The van der Waals surface area contributed by atoms with Gasteiger partial charge in [0.15, 0.2) is 11.5 Å². The molecule has 1 saturated heterocycles. The van der Waals surface area contributed by atoms with Gasteiger partial charge in [0, 0.05) is 11.4 Å². The van der Waals surface area contributed by atoms with Crippen LogP contribution in [0.15, 0.2) is 24.3 Å². The predicted molar refractivity (Wildman–Crippen MR) is 71.8 cm³/mol. The number of hydrogen-bond acceptors (Lipinski definition) is 4. The Labute approximate surface area is 120 Å². The minimum absolute atomic E-state index is 0.0588. The van der Waals surface area contributed by atoms with Crippen LogP contribution >= 0.6 is 11.6 Å². The molecule has 0 bridgehead atoms. The molecule has 4 rings (SSSR count). The van der Waals surface area contributed by atoms with Crippen molar-refractivity contribution in [3.05, 3.63) is 46.2 Å². The van der Waals surface area contributed by atoms with Gasteiger partial charge in [-0.15, -0.1) is 5.10 Å². The fraction of sp³-hybridized carbons (Fsp3) is 0.357. The molecule has 0 N–H and O–H groups in total. The molecule has 1 aliphatic carbocycles. The lowest BCUT2D eigenvalue weighted by Crippen LogP contribution is -2.25. The molecule has 1 aliphatic heterocycles. The van der Waals surface area contributed by atoms with Gasteiger partial charge in [-0.2, -0.15) is 0 Å². The Morgan fingerprint density at radius 2 is 2.10 bits per heavy atom. The Kier molecular flexibility index (Phi) is 2.49. The number of carbonyl (C=O) groups excluding carboxylic acids is 1. The van der Waals surface area contributed by atoms with Crippen molar-refractivity contribution >= 4 is 17.4 Å². The van der Waals surface area contributed by atoms with E-state index in [2.05, 4.69) is 10.3 Å². The van der Waals surface area contributed by atoms with Crippen LogP contribution in [0.3, 0.4) is 0 Å². The molecule has 2 aliphatic rings. The summed E-state index contributed by atoms with van der Waals surface area (Å²) in [6, 6.07) is 7.58. The summed E-state index contributed by atoms with van der Waals surface area (Å²) in [5.74, 6) is 0.0588. The first kappa shape index (κ1) is 12.1. The van der Waals surface area contributed by atoms with E-state index in [1.807, 2.05) is 24.3 Å². The molecule has 0 radical (unpaired) electrons. The highest BCUT2D eigenvalue weighted by atomic mass is 35.5. The third kappa shape index (κ3) is 1.77. The van der Waals surface area contributed by atoms with E-state index in [4.69, 9.17) is 16.3 Å². The Balaban J connectivity index is 1.73. The van der Waals surface area contributed by atoms with Crippen molar-refractivity contribution in [2.75, 3.05) is 6.61 Å². The molecule has 2 aromatic rings. The fourth-order valence-corrected chi connectivity index (χ4v) is 2.87. The summed E-state index contributed by atoms with van der Waals surface area (Å²) >= 11 is 5.88. The van der Waals surface area contributed by atoms with Crippen LogP contribution < -0.4 is 0 Å². The van der Waals surface area contributed by atoms with Crippen LogP contribution in [0.5, 0.6) is 0 Å². The average Bonchev–Trinajstić information content (AvgIpc) is 3.09. The van der Waals surface area contributed by atoms with Crippen LogP contribution in [0.2, 0.25) is 5.02 Å². The van der Waals surface area contributed by atoms with Crippen LogP contribution in [-0.2, 0) is 16.9 Å². The molecule has 5 nitrogen and oxygen atoms in total. The molecule has 6 heteroatoms. The van der Waals surface area contributed by atoms with E-state index >= 15 is 0 Å². The van der Waals surface area contributed by atoms with Crippen molar-refractivity contribution < 1.29 is 9.53 Å². The number of ether oxygens (including phenoxy) is 1. The number of epoxide rings is 1. The predicted octanol–water partition coefficient (Wildman–Crippen LogP) is 2.18. The summed E-state index contributed by atoms with van der Waals surface area (Å²) in [5, 5.41) is 8.88. The van der Waals surface area contributed by atoms with Crippen molar-refractivity contribution in [1.82, 2.24) is 15.0 Å². The highest BCUT2D eigenvalue weighted by Crippen LogP contribution is 2.47. The number of halogens is 1. The number of Topliss-reactive ketones (excluding diaryl/α,β-unsaturated/α-hetero) is 1. The van der Waals surface area contributed by atoms with Crippen molar-refractivity contribution in [2.24, 2.45) is 0 Å². The molecule has 1 aromatic carbocycles. The van der Waals surface area contributed by atoms with Gasteiger partial charge >= 0.3 is 0 Å². The van der Waals surface area contributed by atoms with Gasteiger partial charge in [-0.05, 0) is 24.1 Å². The molecule has 0 saturated carbocycles. The molecule has 2 heterocycles. The van der Waals surface area contributed by atoms with E-state index in [1.165, 1.54) is 0 Å². The molecule has 1 aromatic heterocycles. The second-order valence-corrected chi connectivity index (χ2v) is 5.71. The number of aromatic nitrogens is 3. The standard InChI is InChI=1S/C14H12ClN3O2/c15-10-3-1-9(2-4-10)7-18-13-12(16-17-18)11(19)5-6-14(13)8-20-14/h1-4H,5-8H2. The van der Waals surface area contributed by atoms with Gasteiger partial charge in [0.25, 0.3) is 0 Å². The van der Waals surface area contributed by atoms with E-state index in [1.54, 1.807) is 4.68 Å². The maximum atomic E-state index is 11.9. The van der Waals surface area contributed by atoms with Crippen molar-refractivity contribution in [3.8, 4) is 0 Å². The molecular formula is C14H12ClN3O2. The van der Waals surface area contributed by atoms with E-state index < -0.39 is 0 Å². The summed E-state index contributed by atoms with van der Waals surface area (Å²) in [5.41, 5.74) is 2.06. The number of nitrogens with zero attached hydrogens (tertiary/aromatic N) is 3. The summed E-state index contributed by atoms with van der Waals surface area (Å²) in [6.07, 6.45) is 1.22. The Hall–Kier alpha value is -1.72. The van der Waals surface area contributed by atoms with Crippen LogP contribution in [0, 0.1) is 0 Å². The summed E-state index contributed by atoms with van der Waals surface area (Å²) in [7, 11) is 0. The highest BCUT2D eigenvalue weighted by molar-refractivity contribution is 6.30. The van der Waals surface area contributed by atoms with Gasteiger partial charge in [0.05, 0.1) is 13.2 Å².